The lowest BCUT2D eigenvalue weighted by molar-refractivity contribution is 0.102. The maximum Gasteiger partial charge on any atom is 0.255 e. The van der Waals surface area contributed by atoms with E-state index >= 15 is 0 Å². The van der Waals surface area contributed by atoms with Gasteiger partial charge in [0, 0.05) is 29.0 Å². The van der Waals surface area contributed by atoms with E-state index in [0.29, 0.717) is 11.3 Å². The van der Waals surface area contributed by atoms with Crippen LogP contribution >= 0.6 is 11.3 Å². The van der Waals surface area contributed by atoms with Gasteiger partial charge in [-0.25, -0.2) is 15.0 Å². The van der Waals surface area contributed by atoms with E-state index in [4.69, 9.17) is 5.73 Å². The SMILES string of the molecule is Nc1ncccc1NC(=O)c1ccc(Nc2nc(-c3cnc4ccccn34)cs2)cc1. The van der Waals surface area contributed by atoms with Crippen molar-refractivity contribution in [3.05, 3.63) is 84.1 Å². The zero-order valence-corrected chi connectivity index (χ0v) is 17.0. The fourth-order valence-corrected chi connectivity index (χ4v) is 3.84. The van der Waals surface area contributed by atoms with E-state index in [1.807, 2.05) is 52.5 Å². The van der Waals surface area contributed by atoms with Crippen LogP contribution in [0.4, 0.5) is 22.3 Å². The molecular formula is C22H17N7OS. The third-order valence-corrected chi connectivity index (χ3v) is 5.43. The fraction of sp³-hybridized carbons (Fsp3) is 0. The molecule has 0 saturated carbocycles. The zero-order valence-electron chi connectivity index (χ0n) is 16.2. The molecule has 152 valence electrons. The summed E-state index contributed by atoms with van der Waals surface area (Å²) < 4.78 is 2.00. The minimum atomic E-state index is -0.254. The Kier molecular flexibility index (Phi) is 4.77. The van der Waals surface area contributed by atoms with Gasteiger partial charge in [0.15, 0.2) is 5.13 Å². The highest BCUT2D eigenvalue weighted by atomic mass is 32.1. The second-order valence-electron chi connectivity index (χ2n) is 6.70. The van der Waals surface area contributed by atoms with Gasteiger partial charge in [0.2, 0.25) is 0 Å². The number of hydrogen-bond donors (Lipinski definition) is 3. The number of nitrogens with zero attached hydrogens (tertiary/aromatic N) is 4. The lowest BCUT2D eigenvalue weighted by atomic mass is 10.2. The number of carbonyl (C=O) groups excluding carboxylic acids is 1. The minimum absolute atomic E-state index is 0.254. The average molecular weight is 427 g/mol. The maximum atomic E-state index is 12.4. The summed E-state index contributed by atoms with van der Waals surface area (Å²) in [4.78, 5) is 25.5. The predicted octanol–water partition coefficient (Wildman–Crippen LogP) is 4.43. The van der Waals surface area contributed by atoms with Crippen LogP contribution in [0.1, 0.15) is 10.4 Å². The van der Waals surface area contributed by atoms with Crippen LogP contribution in [0.3, 0.4) is 0 Å². The second kappa shape index (κ2) is 7.88. The van der Waals surface area contributed by atoms with Crippen molar-refractivity contribution < 1.29 is 4.79 Å². The number of rotatable bonds is 5. The molecule has 0 saturated heterocycles. The van der Waals surface area contributed by atoms with E-state index in [-0.39, 0.29) is 11.7 Å². The van der Waals surface area contributed by atoms with Crippen LogP contribution in [0.2, 0.25) is 0 Å². The smallest absolute Gasteiger partial charge is 0.255 e. The maximum absolute atomic E-state index is 12.4. The Labute approximate surface area is 181 Å². The lowest BCUT2D eigenvalue weighted by Gasteiger charge is -2.08. The van der Waals surface area contributed by atoms with Crippen molar-refractivity contribution in [3.8, 4) is 11.4 Å². The lowest BCUT2D eigenvalue weighted by Crippen LogP contribution is -2.13. The molecule has 0 spiro atoms. The molecule has 0 unspecified atom stereocenters. The van der Waals surface area contributed by atoms with Crippen molar-refractivity contribution in [2.45, 2.75) is 0 Å². The van der Waals surface area contributed by atoms with Crippen LogP contribution in [0.5, 0.6) is 0 Å². The molecule has 1 amide bonds. The number of imidazole rings is 1. The van der Waals surface area contributed by atoms with Crippen molar-refractivity contribution >= 4 is 45.2 Å². The Morgan fingerprint density at radius 2 is 1.90 bits per heavy atom. The first kappa shape index (κ1) is 18.8. The zero-order chi connectivity index (χ0) is 21.2. The number of carbonyl (C=O) groups is 1. The minimum Gasteiger partial charge on any atom is -0.382 e. The molecule has 5 rings (SSSR count). The molecule has 0 radical (unpaired) electrons. The average Bonchev–Trinajstić information content (AvgIpc) is 3.42. The number of nitrogen functional groups attached to an aromatic ring is 1. The van der Waals surface area contributed by atoms with Gasteiger partial charge in [-0.15, -0.1) is 11.3 Å². The topological polar surface area (TPSA) is 110 Å². The number of thiazole rings is 1. The van der Waals surface area contributed by atoms with Gasteiger partial charge in [-0.05, 0) is 48.5 Å². The van der Waals surface area contributed by atoms with Crippen LogP contribution in [0.15, 0.2) is 78.6 Å². The molecular weight excluding hydrogens is 410 g/mol. The van der Waals surface area contributed by atoms with E-state index in [9.17, 15) is 4.79 Å². The van der Waals surface area contributed by atoms with Gasteiger partial charge in [-0.1, -0.05) is 6.07 Å². The molecule has 31 heavy (non-hydrogen) atoms. The number of benzene rings is 1. The molecule has 0 atom stereocenters. The quantitative estimate of drug-likeness (QED) is 0.383. The molecule has 0 fully saturated rings. The van der Waals surface area contributed by atoms with Crippen molar-refractivity contribution in [2.24, 2.45) is 0 Å². The van der Waals surface area contributed by atoms with Gasteiger partial charge in [0.25, 0.3) is 5.91 Å². The van der Waals surface area contributed by atoms with Crippen LogP contribution in [0.25, 0.3) is 17.0 Å². The van der Waals surface area contributed by atoms with E-state index in [1.54, 1.807) is 30.5 Å². The third-order valence-electron chi connectivity index (χ3n) is 4.67. The molecule has 0 bridgehead atoms. The van der Waals surface area contributed by atoms with Crippen LogP contribution in [0, 0.1) is 0 Å². The molecule has 0 aliphatic carbocycles. The van der Waals surface area contributed by atoms with E-state index in [1.165, 1.54) is 11.3 Å². The van der Waals surface area contributed by atoms with Crippen LogP contribution < -0.4 is 16.4 Å². The Balaban J connectivity index is 1.29. The number of fused-ring (bicyclic) bond motifs is 1. The van der Waals surface area contributed by atoms with Gasteiger partial charge in [-0.2, -0.15) is 0 Å². The molecule has 1 aromatic carbocycles. The first-order chi connectivity index (χ1) is 15.2. The number of amides is 1. The van der Waals surface area contributed by atoms with E-state index < -0.39 is 0 Å². The molecule has 8 nitrogen and oxygen atoms in total. The number of aromatic nitrogens is 4. The predicted molar refractivity (Wildman–Crippen MR) is 123 cm³/mol. The van der Waals surface area contributed by atoms with E-state index in [2.05, 4.69) is 25.6 Å². The number of hydrogen-bond acceptors (Lipinski definition) is 7. The van der Waals surface area contributed by atoms with Crippen molar-refractivity contribution in [1.29, 1.82) is 0 Å². The number of nitrogens with one attached hydrogen (secondary N) is 2. The molecule has 5 aromatic rings. The standard InChI is InChI=1S/C22H17N7OS/c23-20-16(4-3-10-24-20)27-21(30)14-6-8-15(9-7-14)26-22-28-17(13-31-22)18-12-25-19-5-1-2-11-29(18)19/h1-13H,(H2,23,24)(H,26,28)(H,27,30). The van der Waals surface area contributed by atoms with Gasteiger partial charge in [0.05, 0.1) is 17.6 Å². The van der Waals surface area contributed by atoms with Gasteiger partial charge in [0.1, 0.15) is 17.2 Å². The molecule has 4 heterocycles. The number of pyridine rings is 2. The molecule has 0 aliphatic heterocycles. The number of anilines is 4. The highest BCUT2D eigenvalue weighted by molar-refractivity contribution is 7.14. The Bertz CT molecular complexity index is 1370. The Hall–Kier alpha value is -4.24. The molecule has 9 heteroatoms. The van der Waals surface area contributed by atoms with Gasteiger partial charge in [-0.3, -0.25) is 9.20 Å². The summed E-state index contributed by atoms with van der Waals surface area (Å²) in [6.07, 6.45) is 5.36. The van der Waals surface area contributed by atoms with Crippen molar-refractivity contribution in [1.82, 2.24) is 19.4 Å². The van der Waals surface area contributed by atoms with Crippen molar-refractivity contribution in [2.75, 3.05) is 16.4 Å². The summed E-state index contributed by atoms with van der Waals surface area (Å²) in [5, 5.41) is 8.78. The van der Waals surface area contributed by atoms with Gasteiger partial charge < -0.3 is 16.4 Å². The third kappa shape index (κ3) is 3.81. The molecule has 4 aromatic heterocycles. The van der Waals surface area contributed by atoms with E-state index in [0.717, 1.165) is 27.9 Å². The summed E-state index contributed by atoms with van der Waals surface area (Å²) in [5.74, 6) is 0.0232. The number of nitrogens with two attached hydrogens (primary N) is 1. The normalized spacial score (nSPS) is 10.8. The summed E-state index contributed by atoms with van der Waals surface area (Å²) in [7, 11) is 0. The van der Waals surface area contributed by atoms with Crippen molar-refractivity contribution in [3.63, 3.8) is 0 Å². The molecule has 0 aliphatic rings. The summed E-state index contributed by atoms with van der Waals surface area (Å²) >= 11 is 1.50. The summed E-state index contributed by atoms with van der Waals surface area (Å²) in [6, 6.07) is 16.4. The second-order valence-corrected chi connectivity index (χ2v) is 7.56. The monoisotopic (exact) mass is 427 g/mol. The highest BCUT2D eigenvalue weighted by Crippen LogP contribution is 2.28. The molecule has 4 N–H and O–H groups in total. The van der Waals surface area contributed by atoms with Crippen LogP contribution in [-0.2, 0) is 0 Å². The highest BCUT2D eigenvalue weighted by Gasteiger charge is 2.11. The summed E-state index contributed by atoms with van der Waals surface area (Å²) in [6.45, 7) is 0. The first-order valence-corrected chi connectivity index (χ1v) is 10.3. The van der Waals surface area contributed by atoms with Crippen LogP contribution in [-0.4, -0.2) is 25.3 Å². The fourth-order valence-electron chi connectivity index (χ4n) is 3.12. The van der Waals surface area contributed by atoms with Gasteiger partial charge >= 0.3 is 0 Å². The Morgan fingerprint density at radius 1 is 1.03 bits per heavy atom. The summed E-state index contributed by atoms with van der Waals surface area (Å²) in [5.41, 5.74) is 10.3. The Morgan fingerprint density at radius 3 is 2.74 bits per heavy atom. The first-order valence-electron chi connectivity index (χ1n) is 9.44. The largest absolute Gasteiger partial charge is 0.382 e.